The topological polar surface area (TPSA) is 63.7 Å². The number of hydrogen-bond acceptors (Lipinski definition) is 4. The minimum absolute atomic E-state index is 0.618. The van der Waals surface area contributed by atoms with E-state index in [4.69, 9.17) is 10.00 Å². The van der Waals surface area contributed by atoms with E-state index in [1.807, 2.05) is 54.1 Å². The van der Waals surface area contributed by atoms with Gasteiger partial charge in [0.25, 0.3) is 0 Å². The van der Waals surface area contributed by atoms with Crippen LogP contribution in [0.5, 0.6) is 5.75 Å². The highest BCUT2D eigenvalue weighted by molar-refractivity contribution is 5.69. The second-order valence-electron chi connectivity index (χ2n) is 7.09. The fourth-order valence-corrected chi connectivity index (χ4v) is 3.36. The summed E-state index contributed by atoms with van der Waals surface area (Å²) in [7, 11) is 0. The molecule has 0 bridgehead atoms. The lowest BCUT2D eigenvalue weighted by Gasteiger charge is -2.13. The van der Waals surface area contributed by atoms with Crippen LogP contribution < -0.4 is 4.74 Å². The average Bonchev–Trinajstić information content (AvgIpc) is 3.33. The maximum Gasteiger partial charge on any atom is 0.137 e. The summed E-state index contributed by atoms with van der Waals surface area (Å²) in [5.41, 5.74) is 6.21. The molecule has 0 amide bonds. The monoisotopic (exact) mass is 394 g/mol. The van der Waals surface area contributed by atoms with Crippen molar-refractivity contribution in [3.8, 4) is 28.6 Å². The Kier molecular flexibility index (Phi) is 5.86. The van der Waals surface area contributed by atoms with Gasteiger partial charge in [-0.15, -0.1) is 0 Å². The third-order valence-corrected chi connectivity index (χ3v) is 4.96. The highest BCUT2D eigenvalue weighted by Crippen LogP contribution is 2.27. The van der Waals surface area contributed by atoms with E-state index in [0.29, 0.717) is 12.2 Å². The van der Waals surface area contributed by atoms with E-state index in [1.54, 1.807) is 18.7 Å². The number of benzene rings is 2. The summed E-state index contributed by atoms with van der Waals surface area (Å²) in [5, 5.41) is 9.07. The quantitative estimate of drug-likeness (QED) is 0.408. The third kappa shape index (κ3) is 4.56. The number of hydrogen-bond donors (Lipinski definition) is 0. The Morgan fingerprint density at radius 1 is 1.07 bits per heavy atom. The van der Waals surface area contributed by atoms with Crippen molar-refractivity contribution >= 4 is 0 Å². The van der Waals surface area contributed by atoms with Crippen LogP contribution in [0, 0.1) is 18.3 Å². The van der Waals surface area contributed by atoms with Gasteiger partial charge in [-0.2, -0.15) is 5.26 Å². The lowest BCUT2D eigenvalue weighted by molar-refractivity contribution is 0.310. The van der Waals surface area contributed by atoms with Crippen molar-refractivity contribution in [2.24, 2.45) is 0 Å². The zero-order valence-corrected chi connectivity index (χ0v) is 16.8. The number of nitrogens with zero attached hydrogens (tertiary/aromatic N) is 4. The summed E-state index contributed by atoms with van der Waals surface area (Å²) in [6, 6.07) is 20.2. The van der Waals surface area contributed by atoms with Gasteiger partial charge in [0.1, 0.15) is 5.75 Å². The molecule has 0 aliphatic rings. The molecule has 2 aromatic heterocycles. The van der Waals surface area contributed by atoms with E-state index >= 15 is 0 Å². The van der Waals surface area contributed by atoms with Crippen LogP contribution in [0.4, 0.5) is 0 Å². The first kappa shape index (κ1) is 19.4. The summed E-state index contributed by atoms with van der Waals surface area (Å²) in [6.07, 6.45) is 9.03. The SMILES string of the molecule is Cc1ccc(OCCCc2cc(-n3ccnc3)ccc2-c2ccc(C#N)cc2)cn1. The fraction of sp³-hybridized carbons (Fsp3) is 0.160. The van der Waals surface area contributed by atoms with Crippen molar-refractivity contribution in [2.45, 2.75) is 19.8 Å². The Labute approximate surface area is 176 Å². The van der Waals surface area contributed by atoms with Crippen molar-refractivity contribution < 1.29 is 4.74 Å². The number of aryl methyl sites for hydroxylation is 2. The van der Waals surface area contributed by atoms with Gasteiger partial charge in [-0.1, -0.05) is 18.2 Å². The molecule has 0 saturated carbocycles. The number of pyridine rings is 1. The summed E-state index contributed by atoms with van der Waals surface area (Å²) < 4.78 is 7.85. The van der Waals surface area contributed by atoms with E-state index in [9.17, 15) is 0 Å². The van der Waals surface area contributed by atoms with Crippen molar-refractivity contribution in [3.05, 3.63) is 96.3 Å². The molecule has 0 unspecified atom stereocenters. The molecular formula is C25H22N4O. The van der Waals surface area contributed by atoms with E-state index in [0.717, 1.165) is 35.5 Å². The number of aromatic nitrogens is 3. The molecule has 0 radical (unpaired) electrons. The van der Waals surface area contributed by atoms with Gasteiger partial charge in [-0.25, -0.2) is 4.98 Å². The number of rotatable bonds is 7. The Morgan fingerprint density at radius 3 is 2.63 bits per heavy atom. The van der Waals surface area contributed by atoms with E-state index in [1.165, 1.54) is 11.1 Å². The maximum atomic E-state index is 9.07. The Hall–Kier alpha value is -3.91. The lowest BCUT2D eigenvalue weighted by atomic mass is 9.95. The highest BCUT2D eigenvalue weighted by Gasteiger charge is 2.09. The smallest absolute Gasteiger partial charge is 0.137 e. The van der Waals surface area contributed by atoms with E-state index in [2.05, 4.69) is 34.2 Å². The van der Waals surface area contributed by atoms with Crippen molar-refractivity contribution in [2.75, 3.05) is 6.61 Å². The molecule has 2 aromatic carbocycles. The summed E-state index contributed by atoms with van der Waals surface area (Å²) in [5.74, 6) is 0.792. The van der Waals surface area contributed by atoms with Crippen LogP contribution >= 0.6 is 0 Å². The Balaban J connectivity index is 1.53. The van der Waals surface area contributed by atoms with Crippen LogP contribution in [0.1, 0.15) is 23.2 Å². The maximum absolute atomic E-state index is 9.07. The molecule has 30 heavy (non-hydrogen) atoms. The molecule has 148 valence electrons. The largest absolute Gasteiger partial charge is 0.492 e. The molecule has 5 heteroatoms. The van der Waals surface area contributed by atoms with Crippen LogP contribution in [0.2, 0.25) is 0 Å². The summed E-state index contributed by atoms with van der Waals surface area (Å²) in [6.45, 7) is 2.58. The molecular weight excluding hydrogens is 372 g/mol. The minimum atomic E-state index is 0.618. The van der Waals surface area contributed by atoms with Crippen molar-refractivity contribution in [1.29, 1.82) is 5.26 Å². The molecule has 4 rings (SSSR count). The normalized spacial score (nSPS) is 10.5. The molecule has 0 N–H and O–H groups in total. The van der Waals surface area contributed by atoms with Crippen LogP contribution in [0.25, 0.3) is 16.8 Å². The molecule has 0 aliphatic carbocycles. The first-order valence-corrected chi connectivity index (χ1v) is 9.90. The molecule has 0 aliphatic heterocycles. The zero-order valence-electron chi connectivity index (χ0n) is 16.8. The van der Waals surface area contributed by atoms with Crippen molar-refractivity contribution in [3.63, 3.8) is 0 Å². The second kappa shape index (κ2) is 9.06. The highest BCUT2D eigenvalue weighted by atomic mass is 16.5. The van der Waals surface area contributed by atoms with Gasteiger partial charge in [0, 0.05) is 23.8 Å². The summed E-state index contributed by atoms with van der Waals surface area (Å²) >= 11 is 0. The first-order chi connectivity index (χ1) is 14.7. The molecule has 2 heterocycles. The minimum Gasteiger partial charge on any atom is -0.492 e. The van der Waals surface area contributed by atoms with Crippen molar-refractivity contribution in [1.82, 2.24) is 14.5 Å². The number of ether oxygens (including phenoxy) is 1. The fourth-order valence-electron chi connectivity index (χ4n) is 3.36. The van der Waals surface area contributed by atoms with Gasteiger partial charge in [-0.05, 0) is 72.9 Å². The predicted molar refractivity (Wildman–Crippen MR) is 117 cm³/mol. The number of imidazole rings is 1. The summed E-state index contributed by atoms with van der Waals surface area (Å²) in [4.78, 5) is 8.42. The van der Waals surface area contributed by atoms with Crippen LogP contribution in [-0.4, -0.2) is 21.1 Å². The number of nitriles is 1. The van der Waals surface area contributed by atoms with E-state index < -0.39 is 0 Å². The van der Waals surface area contributed by atoms with Gasteiger partial charge < -0.3 is 9.30 Å². The molecule has 0 fully saturated rings. The van der Waals surface area contributed by atoms with Gasteiger partial charge in [0.2, 0.25) is 0 Å². The molecule has 0 saturated heterocycles. The molecule has 0 atom stereocenters. The predicted octanol–water partition coefficient (Wildman–Crippen LogP) is 5.13. The van der Waals surface area contributed by atoms with Gasteiger partial charge in [-0.3, -0.25) is 4.98 Å². The van der Waals surface area contributed by atoms with Gasteiger partial charge >= 0.3 is 0 Å². The van der Waals surface area contributed by atoms with Gasteiger partial charge in [0.05, 0.1) is 30.8 Å². The first-order valence-electron chi connectivity index (χ1n) is 9.90. The van der Waals surface area contributed by atoms with Crippen LogP contribution in [0.15, 0.2) is 79.5 Å². The lowest BCUT2D eigenvalue weighted by Crippen LogP contribution is -2.02. The van der Waals surface area contributed by atoms with Gasteiger partial charge in [0.15, 0.2) is 0 Å². The molecule has 5 nitrogen and oxygen atoms in total. The average molecular weight is 394 g/mol. The standard InChI is InChI=1S/C25H22N4O/c1-19-4-10-24(17-28-19)30-14-2-3-22-15-23(29-13-12-27-18-29)9-11-25(22)21-7-5-20(16-26)6-8-21/h4-13,15,17-18H,2-3,14H2,1H3. The van der Waals surface area contributed by atoms with E-state index in [-0.39, 0.29) is 0 Å². The molecule has 0 spiro atoms. The zero-order chi connectivity index (χ0) is 20.8. The van der Waals surface area contributed by atoms with Crippen LogP contribution in [-0.2, 0) is 6.42 Å². The third-order valence-electron chi connectivity index (χ3n) is 4.96. The Morgan fingerprint density at radius 2 is 1.93 bits per heavy atom. The molecule has 4 aromatic rings. The Bertz CT molecular complexity index is 1140. The second-order valence-corrected chi connectivity index (χ2v) is 7.09. The van der Waals surface area contributed by atoms with Crippen LogP contribution in [0.3, 0.4) is 0 Å².